The van der Waals surface area contributed by atoms with Gasteiger partial charge in [0.25, 0.3) is 5.91 Å². The molecule has 0 aliphatic rings. The first kappa shape index (κ1) is 11.3. The van der Waals surface area contributed by atoms with Gasteiger partial charge in [-0.3, -0.25) is 9.89 Å². The minimum Gasteiger partial charge on any atom is -0.361 e. The van der Waals surface area contributed by atoms with Crippen LogP contribution in [0.25, 0.3) is 0 Å². The molecular weight excluding hydrogens is 246 g/mol. The number of H-pyrrole nitrogens is 1. The van der Waals surface area contributed by atoms with Crippen molar-refractivity contribution in [2.75, 3.05) is 0 Å². The zero-order chi connectivity index (χ0) is 12.3. The molecule has 0 aliphatic carbocycles. The van der Waals surface area contributed by atoms with Gasteiger partial charge in [-0.05, 0) is 6.92 Å². The van der Waals surface area contributed by atoms with Crippen molar-refractivity contribution in [1.29, 1.82) is 0 Å². The van der Waals surface area contributed by atoms with Crippen LogP contribution in [0.2, 0.25) is 5.02 Å². The largest absolute Gasteiger partial charge is 0.361 e. The number of hydrogen-bond donors (Lipinski definition) is 2. The highest BCUT2D eigenvalue weighted by Gasteiger charge is 2.09. The quantitative estimate of drug-likeness (QED) is 0.633. The highest BCUT2D eigenvalue weighted by atomic mass is 35.5. The molecule has 0 unspecified atom stereocenters. The highest BCUT2D eigenvalue weighted by molar-refractivity contribution is 6.32. The predicted molar refractivity (Wildman–Crippen MR) is 59.9 cm³/mol. The summed E-state index contributed by atoms with van der Waals surface area (Å²) < 4.78 is 4.76. The second-order valence-corrected chi connectivity index (χ2v) is 3.56. The van der Waals surface area contributed by atoms with Crippen LogP contribution in [0.3, 0.4) is 0 Å². The van der Waals surface area contributed by atoms with Crippen molar-refractivity contribution < 1.29 is 9.32 Å². The zero-order valence-electron chi connectivity index (χ0n) is 8.77. The van der Waals surface area contributed by atoms with Crippen LogP contribution >= 0.6 is 11.6 Å². The number of aromatic nitrogens is 3. The molecule has 0 fully saturated rings. The van der Waals surface area contributed by atoms with Crippen LogP contribution in [0.1, 0.15) is 21.9 Å². The maximum atomic E-state index is 11.5. The van der Waals surface area contributed by atoms with Crippen LogP contribution < -0.4 is 5.43 Å². The maximum absolute atomic E-state index is 11.5. The van der Waals surface area contributed by atoms with Gasteiger partial charge in [-0.25, -0.2) is 5.43 Å². The minimum atomic E-state index is -0.464. The van der Waals surface area contributed by atoms with Crippen molar-refractivity contribution in [1.82, 2.24) is 20.8 Å². The number of aryl methyl sites for hydroxylation is 1. The minimum absolute atomic E-state index is 0.162. The topological polar surface area (TPSA) is 96.2 Å². The van der Waals surface area contributed by atoms with Gasteiger partial charge in [-0.2, -0.15) is 10.2 Å². The normalized spacial score (nSPS) is 10.9. The molecule has 8 heteroatoms. The third-order valence-electron chi connectivity index (χ3n) is 1.84. The summed E-state index contributed by atoms with van der Waals surface area (Å²) in [6.45, 7) is 1.69. The number of aromatic amines is 1. The second kappa shape index (κ2) is 4.79. The number of nitrogens with zero attached hydrogens (tertiary/aromatic N) is 3. The monoisotopic (exact) mass is 253 g/mol. The van der Waals surface area contributed by atoms with Crippen molar-refractivity contribution >= 4 is 23.7 Å². The number of hydrazone groups is 1. The number of carbonyl (C=O) groups is 1. The summed E-state index contributed by atoms with van der Waals surface area (Å²) in [5.41, 5.74) is 2.94. The first-order chi connectivity index (χ1) is 8.16. The van der Waals surface area contributed by atoms with E-state index in [0.717, 1.165) is 0 Å². The van der Waals surface area contributed by atoms with Gasteiger partial charge in [0.2, 0.25) is 0 Å². The zero-order valence-corrected chi connectivity index (χ0v) is 9.52. The summed E-state index contributed by atoms with van der Waals surface area (Å²) in [7, 11) is 0. The van der Waals surface area contributed by atoms with E-state index in [2.05, 4.69) is 25.9 Å². The second-order valence-electron chi connectivity index (χ2n) is 3.15. The lowest BCUT2D eigenvalue weighted by molar-refractivity contribution is 0.0946. The Morgan fingerprint density at radius 1 is 1.71 bits per heavy atom. The van der Waals surface area contributed by atoms with Gasteiger partial charge in [0.05, 0.1) is 23.1 Å². The SMILES string of the molecule is Cc1cc(C(=O)NN=Cc2[nH]ncc2Cl)no1. The lowest BCUT2D eigenvalue weighted by Gasteiger charge is -1.92. The van der Waals surface area contributed by atoms with Crippen molar-refractivity contribution in [3.05, 3.63) is 34.4 Å². The Morgan fingerprint density at radius 3 is 3.12 bits per heavy atom. The standard InChI is InChI=1S/C9H8ClN5O2/c1-5-2-7(15-17-5)9(16)14-12-4-8-6(10)3-11-13-8/h2-4H,1H3,(H,11,13)(H,14,16). The van der Waals surface area contributed by atoms with E-state index in [9.17, 15) is 4.79 Å². The average molecular weight is 254 g/mol. The van der Waals surface area contributed by atoms with E-state index in [1.807, 2.05) is 0 Å². The van der Waals surface area contributed by atoms with E-state index >= 15 is 0 Å². The summed E-state index contributed by atoms with van der Waals surface area (Å²) in [6, 6.07) is 1.51. The Bertz CT molecular complexity index is 559. The molecule has 0 saturated heterocycles. The molecule has 0 bridgehead atoms. The Balaban J connectivity index is 1.97. The Labute approximate surface area is 101 Å². The predicted octanol–water partition coefficient (Wildman–Crippen LogP) is 1.12. The first-order valence-electron chi connectivity index (χ1n) is 4.62. The molecule has 0 spiro atoms. The fourth-order valence-electron chi connectivity index (χ4n) is 1.06. The van der Waals surface area contributed by atoms with Crippen LogP contribution in [0, 0.1) is 6.92 Å². The van der Waals surface area contributed by atoms with Gasteiger partial charge in [-0.1, -0.05) is 16.8 Å². The van der Waals surface area contributed by atoms with E-state index in [4.69, 9.17) is 16.1 Å². The Hall–Kier alpha value is -2.15. The van der Waals surface area contributed by atoms with E-state index < -0.39 is 5.91 Å². The van der Waals surface area contributed by atoms with Gasteiger partial charge < -0.3 is 4.52 Å². The summed E-state index contributed by atoms with van der Waals surface area (Å²) in [4.78, 5) is 11.5. The number of halogens is 1. The molecule has 2 aromatic heterocycles. The van der Waals surface area contributed by atoms with Crippen molar-refractivity contribution in [2.24, 2.45) is 5.10 Å². The summed E-state index contributed by atoms with van der Waals surface area (Å²) >= 11 is 5.75. The number of nitrogens with one attached hydrogen (secondary N) is 2. The number of hydrogen-bond acceptors (Lipinski definition) is 5. The number of rotatable bonds is 3. The van der Waals surface area contributed by atoms with Gasteiger partial charge in [-0.15, -0.1) is 0 Å². The van der Waals surface area contributed by atoms with Crippen LogP contribution in [0.4, 0.5) is 0 Å². The molecule has 0 radical (unpaired) electrons. The molecule has 0 saturated carbocycles. The third-order valence-corrected chi connectivity index (χ3v) is 2.14. The molecule has 2 heterocycles. The number of amides is 1. The molecular formula is C9H8ClN5O2. The fourth-order valence-corrected chi connectivity index (χ4v) is 1.20. The number of carbonyl (C=O) groups excluding carboxylic acids is 1. The van der Waals surface area contributed by atoms with E-state index in [0.29, 0.717) is 16.5 Å². The molecule has 0 aromatic carbocycles. The van der Waals surface area contributed by atoms with Gasteiger partial charge in [0.1, 0.15) is 5.76 Å². The molecule has 88 valence electrons. The smallest absolute Gasteiger partial charge is 0.293 e. The maximum Gasteiger partial charge on any atom is 0.293 e. The molecule has 1 amide bonds. The van der Waals surface area contributed by atoms with Gasteiger partial charge >= 0.3 is 0 Å². The fraction of sp³-hybridized carbons (Fsp3) is 0.111. The molecule has 7 nitrogen and oxygen atoms in total. The highest BCUT2D eigenvalue weighted by Crippen LogP contribution is 2.08. The van der Waals surface area contributed by atoms with E-state index in [-0.39, 0.29) is 5.69 Å². The van der Waals surface area contributed by atoms with Crippen LogP contribution in [-0.4, -0.2) is 27.5 Å². The first-order valence-corrected chi connectivity index (χ1v) is 5.00. The Morgan fingerprint density at radius 2 is 2.53 bits per heavy atom. The molecule has 2 rings (SSSR count). The third kappa shape index (κ3) is 2.70. The Kier molecular flexibility index (Phi) is 3.20. The lowest BCUT2D eigenvalue weighted by Crippen LogP contribution is -2.17. The summed E-state index contributed by atoms with van der Waals surface area (Å²) in [5.74, 6) is 0.0875. The van der Waals surface area contributed by atoms with E-state index in [1.54, 1.807) is 6.92 Å². The molecule has 2 N–H and O–H groups in total. The molecule has 0 atom stereocenters. The van der Waals surface area contributed by atoms with Gasteiger partial charge in [0.15, 0.2) is 5.69 Å². The van der Waals surface area contributed by atoms with Crippen molar-refractivity contribution in [3.8, 4) is 0 Å². The average Bonchev–Trinajstić information content (AvgIpc) is 2.88. The van der Waals surface area contributed by atoms with Crippen LogP contribution in [0.15, 0.2) is 21.9 Å². The lowest BCUT2D eigenvalue weighted by atomic mass is 10.4. The van der Waals surface area contributed by atoms with E-state index in [1.165, 1.54) is 18.5 Å². The van der Waals surface area contributed by atoms with Crippen LogP contribution in [0.5, 0.6) is 0 Å². The van der Waals surface area contributed by atoms with Crippen molar-refractivity contribution in [3.63, 3.8) is 0 Å². The molecule has 17 heavy (non-hydrogen) atoms. The summed E-state index contributed by atoms with van der Waals surface area (Å²) in [5, 5.41) is 14.0. The molecule has 0 aliphatic heterocycles. The summed E-state index contributed by atoms with van der Waals surface area (Å²) in [6.07, 6.45) is 2.78. The van der Waals surface area contributed by atoms with Gasteiger partial charge in [0, 0.05) is 6.07 Å². The van der Waals surface area contributed by atoms with Crippen LogP contribution in [-0.2, 0) is 0 Å². The molecule has 2 aromatic rings. The van der Waals surface area contributed by atoms with Crippen molar-refractivity contribution in [2.45, 2.75) is 6.92 Å².